The minimum Gasteiger partial charge on any atom is -0.477 e. The van der Waals surface area contributed by atoms with Gasteiger partial charge in [-0.2, -0.15) is 0 Å². The zero-order valence-corrected chi connectivity index (χ0v) is 15.2. The Hall–Kier alpha value is -1.85. The zero-order chi connectivity index (χ0) is 17.5. The normalized spacial score (nSPS) is 21.8. The van der Waals surface area contributed by atoms with Crippen LogP contribution >= 0.6 is 0 Å². The van der Waals surface area contributed by atoms with Crippen molar-refractivity contribution >= 4 is 5.91 Å². The highest BCUT2D eigenvalue weighted by Gasteiger charge is 2.26. The second kappa shape index (κ2) is 9.02. The summed E-state index contributed by atoms with van der Waals surface area (Å²) in [5, 5.41) is 0. The fourth-order valence-electron chi connectivity index (χ4n) is 3.91. The minimum absolute atomic E-state index is 0.0435. The maximum Gasteiger partial charge on any atom is 0.278 e. The van der Waals surface area contributed by atoms with E-state index in [1.54, 1.807) is 19.5 Å². The largest absolute Gasteiger partial charge is 0.477 e. The molecule has 2 aliphatic rings. The summed E-state index contributed by atoms with van der Waals surface area (Å²) in [6, 6.07) is 0. The van der Waals surface area contributed by atoms with Gasteiger partial charge >= 0.3 is 0 Å². The van der Waals surface area contributed by atoms with Crippen LogP contribution in [0.1, 0.15) is 57.8 Å². The van der Waals surface area contributed by atoms with E-state index in [-0.39, 0.29) is 12.0 Å². The van der Waals surface area contributed by atoms with Crippen molar-refractivity contribution in [2.24, 2.45) is 5.92 Å². The van der Waals surface area contributed by atoms with Crippen LogP contribution in [-0.4, -0.2) is 47.1 Å². The molecular formula is C19H29N3O3. The third kappa shape index (κ3) is 5.06. The Bertz CT molecular complexity index is 561. The number of piperidine rings is 1. The van der Waals surface area contributed by atoms with Gasteiger partial charge < -0.3 is 14.4 Å². The third-order valence-electron chi connectivity index (χ3n) is 5.33. The molecule has 138 valence electrons. The fourth-order valence-corrected chi connectivity index (χ4v) is 3.91. The van der Waals surface area contributed by atoms with Gasteiger partial charge in [-0.15, -0.1) is 0 Å². The number of rotatable bonds is 6. The van der Waals surface area contributed by atoms with Crippen LogP contribution in [0.3, 0.4) is 0 Å². The Labute approximate surface area is 149 Å². The quantitative estimate of drug-likeness (QED) is 0.790. The van der Waals surface area contributed by atoms with E-state index in [1.165, 1.54) is 32.1 Å². The number of methoxy groups -OCH3 is 1. The molecule has 1 saturated heterocycles. The molecule has 1 aliphatic heterocycles. The van der Waals surface area contributed by atoms with Crippen LogP contribution in [-0.2, 0) is 4.79 Å². The van der Waals surface area contributed by atoms with Gasteiger partial charge in [0, 0.05) is 25.4 Å². The second-order valence-corrected chi connectivity index (χ2v) is 7.14. The Balaban J connectivity index is 1.49. The van der Waals surface area contributed by atoms with Gasteiger partial charge in [0.1, 0.15) is 6.10 Å². The molecule has 6 nitrogen and oxygen atoms in total. The monoisotopic (exact) mass is 347 g/mol. The first kappa shape index (κ1) is 18.0. The van der Waals surface area contributed by atoms with Gasteiger partial charge in [-0.05, 0) is 25.2 Å². The number of carbonyl (C=O) groups excluding carboxylic acids is 1. The number of hydrogen-bond acceptors (Lipinski definition) is 5. The van der Waals surface area contributed by atoms with E-state index in [1.807, 2.05) is 4.90 Å². The summed E-state index contributed by atoms with van der Waals surface area (Å²) in [6.07, 6.45) is 13.3. The molecule has 2 fully saturated rings. The summed E-state index contributed by atoms with van der Waals surface area (Å²) in [5.74, 6) is 1.82. The van der Waals surface area contributed by atoms with Crippen LogP contribution in [0.4, 0.5) is 0 Å². The Kier molecular flexibility index (Phi) is 6.48. The lowest BCUT2D eigenvalue weighted by Crippen LogP contribution is -2.44. The first-order valence-corrected chi connectivity index (χ1v) is 9.55. The summed E-state index contributed by atoms with van der Waals surface area (Å²) >= 11 is 0. The number of aromatic nitrogens is 2. The summed E-state index contributed by atoms with van der Waals surface area (Å²) in [5.41, 5.74) is 0. The predicted octanol–water partition coefficient (Wildman–Crippen LogP) is 3.22. The van der Waals surface area contributed by atoms with Crippen LogP contribution in [0.2, 0.25) is 0 Å². The predicted molar refractivity (Wildman–Crippen MR) is 94.6 cm³/mol. The lowest BCUT2D eigenvalue weighted by molar-refractivity contribution is -0.134. The van der Waals surface area contributed by atoms with Crippen LogP contribution in [0.25, 0.3) is 0 Å². The van der Waals surface area contributed by atoms with Gasteiger partial charge in [0.25, 0.3) is 11.8 Å². The van der Waals surface area contributed by atoms with Crippen LogP contribution in [0.15, 0.2) is 12.4 Å². The maximum atomic E-state index is 12.6. The van der Waals surface area contributed by atoms with Crippen molar-refractivity contribution < 1.29 is 14.3 Å². The smallest absolute Gasteiger partial charge is 0.278 e. The zero-order valence-electron chi connectivity index (χ0n) is 15.2. The van der Waals surface area contributed by atoms with Crippen molar-refractivity contribution in [2.45, 2.75) is 63.9 Å². The minimum atomic E-state index is -0.0435. The fraction of sp³-hybridized carbons (Fsp3) is 0.737. The van der Waals surface area contributed by atoms with Gasteiger partial charge in [-0.3, -0.25) is 4.79 Å². The van der Waals surface area contributed by atoms with E-state index in [2.05, 4.69) is 9.97 Å². The molecule has 1 aliphatic carbocycles. The van der Waals surface area contributed by atoms with Crippen LogP contribution in [0, 0.1) is 5.92 Å². The number of carbonyl (C=O) groups is 1. The van der Waals surface area contributed by atoms with E-state index in [0.717, 1.165) is 31.7 Å². The van der Waals surface area contributed by atoms with Gasteiger partial charge in [0.05, 0.1) is 13.7 Å². The highest BCUT2D eigenvalue weighted by atomic mass is 16.5. The molecule has 3 rings (SSSR count). The standard InChI is InChI=1S/C19H29N3O3/c1-24-18-19(21-12-11-20-18)25-16-8-5-13-22(14-16)17(23)10-9-15-6-3-2-4-7-15/h11-12,15-16H,2-10,13-14H2,1H3. The molecule has 0 aromatic carbocycles. The van der Waals surface area contributed by atoms with Crippen molar-refractivity contribution in [1.82, 2.24) is 14.9 Å². The average molecular weight is 347 g/mol. The van der Waals surface area contributed by atoms with E-state index in [9.17, 15) is 4.79 Å². The van der Waals surface area contributed by atoms with Crippen molar-refractivity contribution in [3.63, 3.8) is 0 Å². The van der Waals surface area contributed by atoms with Crippen molar-refractivity contribution in [2.75, 3.05) is 20.2 Å². The third-order valence-corrected chi connectivity index (χ3v) is 5.33. The maximum absolute atomic E-state index is 12.6. The molecule has 1 amide bonds. The van der Waals surface area contributed by atoms with Crippen molar-refractivity contribution in [3.8, 4) is 11.8 Å². The highest BCUT2D eigenvalue weighted by Crippen LogP contribution is 2.28. The molecule has 0 N–H and O–H groups in total. The van der Waals surface area contributed by atoms with Gasteiger partial charge in [0.15, 0.2) is 0 Å². The highest BCUT2D eigenvalue weighted by molar-refractivity contribution is 5.76. The average Bonchev–Trinajstić information content (AvgIpc) is 2.67. The van der Waals surface area contributed by atoms with Crippen LogP contribution in [0.5, 0.6) is 11.8 Å². The molecule has 6 heteroatoms. The molecule has 1 aromatic rings. The lowest BCUT2D eigenvalue weighted by atomic mass is 9.86. The summed E-state index contributed by atoms with van der Waals surface area (Å²) in [7, 11) is 1.55. The molecule has 1 saturated carbocycles. The topological polar surface area (TPSA) is 64.6 Å². The molecule has 0 radical (unpaired) electrons. The van der Waals surface area contributed by atoms with E-state index < -0.39 is 0 Å². The SMILES string of the molecule is COc1nccnc1OC1CCCN(C(=O)CCC2CCCCC2)C1. The molecule has 0 spiro atoms. The number of amides is 1. The molecule has 1 aromatic heterocycles. The number of ether oxygens (including phenoxy) is 2. The number of hydrogen-bond donors (Lipinski definition) is 0. The first-order valence-electron chi connectivity index (χ1n) is 9.55. The van der Waals surface area contributed by atoms with Crippen LogP contribution < -0.4 is 9.47 Å². The molecular weight excluding hydrogens is 318 g/mol. The Morgan fingerprint density at radius 2 is 1.88 bits per heavy atom. The Morgan fingerprint density at radius 3 is 2.64 bits per heavy atom. The van der Waals surface area contributed by atoms with E-state index in [0.29, 0.717) is 24.7 Å². The van der Waals surface area contributed by atoms with Crippen molar-refractivity contribution in [1.29, 1.82) is 0 Å². The molecule has 0 bridgehead atoms. The summed E-state index contributed by atoms with van der Waals surface area (Å²) in [6.45, 7) is 1.46. The first-order chi connectivity index (χ1) is 12.3. The Morgan fingerprint density at radius 1 is 1.12 bits per heavy atom. The van der Waals surface area contributed by atoms with Gasteiger partial charge in [-0.1, -0.05) is 32.1 Å². The summed E-state index contributed by atoms with van der Waals surface area (Å²) < 4.78 is 11.1. The number of nitrogens with zero attached hydrogens (tertiary/aromatic N) is 3. The second-order valence-electron chi connectivity index (χ2n) is 7.14. The molecule has 1 unspecified atom stereocenters. The molecule has 2 heterocycles. The molecule has 25 heavy (non-hydrogen) atoms. The lowest BCUT2D eigenvalue weighted by Gasteiger charge is -2.33. The molecule has 1 atom stereocenters. The van der Waals surface area contributed by atoms with Gasteiger partial charge in [0.2, 0.25) is 5.91 Å². The van der Waals surface area contributed by atoms with Gasteiger partial charge in [-0.25, -0.2) is 9.97 Å². The summed E-state index contributed by atoms with van der Waals surface area (Å²) in [4.78, 5) is 22.8. The van der Waals surface area contributed by atoms with E-state index >= 15 is 0 Å². The van der Waals surface area contributed by atoms with Crippen molar-refractivity contribution in [3.05, 3.63) is 12.4 Å². The number of likely N-dealkylation sites (tertiary alicyclic amines) is 1. The van der Waals surface area contributed by atoms with E-state index in [4.69, 9.17) is 9.47 Å².